The number of thioether (sulfide) groups is 1. The molecule has 0 saturated carbocycles. The summed E-state index contributed by atoms with van der Waals surface area (Å²) in [6.45, 7) is 0.985. The summed E-state index contributed by atoms with van der Waals surface area (Å²) < 4.78 is 36.7. The molecule has 1 heterocycles. The number of hydrogen-bond acceptors (Lipinski definition) is 10. The predicted molar refractivity (Wildman–Crippen MR) is 154 cm³/mol. The highest BCUT2D eigenvalue weighted by Gasteiger charge is 2.36. The largest absolute Gasteiger partial charge is 0.493 e. The lowest BCUT2D eigenvalue weighted by Crippen LogP contribution is -2.36. The number of imide groups is 1. The van der Waals surface area contributed by atoms with Gasteiger partial charge < -0.3 is 14.2 Å². The Kier molecular flexibility index (Phi) is 8.80. The molecule has 1 fully saturated rings. The molecule has 3 amide bonds. The van der Waals surface area contributed by atoms with E-state index >= 15 is 0 Å². The van der Waals surface area contributed by atoms with E-state index in [0.29, 0.717) is 27.5 Å². The van der Waals surface area contributed by atoms with E-state index in [4.69, 9.17) is 8.92 Å². The Morgan fingerprint density at radius 2 is 1.85 bits per heavy atom. The molecule has 0 aliphatic carbocycles. The first-order chi connectivity index (χ1) is 19.4. The first kappa shape index (κ1) is 29.8. The molecule has 0 unspecified atom stereocenters. The average molecular weight is 662 g/mol. The van der Waals surface area contributed by atoms with Gasteiger partial charge in [0.25, 0.3) is 16.8 Å². The summed E-state index contributed by atoms with van der Waals surface area (Å²) in [5, 5.41) is 13.2. The normalized spacial score (nSPS) is 14.3. The summed E-state index contributed by atoms with van der Waals surface area (Å²) >= 11 is 3.95. The number of aryl methyl sites for hydroxylation is 1. The molecule has 0 bridgehead atoms. The molecule has 4 rings (SSSR count). The number of amides is 3. The zero-order valence-electron chi connectivity index (χ0n) is 21.3. The van der Waals surface area contributed by atoms with E-state index in [-0.39, 0.29) is 27.7 Å². The highest BCUT2D eigenvalue weighted by Crippen LogP contribution is 2.36. The molecule has 0 spiro atoms. The van der Waals surface area contributed by atoms with Crippen LogP contribution in [0.25, 0.3) is 6.08 Å². The highest BCUT2D eigenvalue weighted by atomic mass is 79.9. The van der Waals surface area contributed by atoms with Crippen LogP contribution in [0.2, 0.25) is 0 Å². The van der Waals surface area contributed by atoms with E-state index in [9.17, 15) is 32.9 Å². The van der Waals surface area contributed by atoms with Gasteiger partial charge in [-0.3, -0.25) is 29.4 Å². The van der Waals surface area contributed by atoms with Gasteiger partial charge in [-0.15, -0.1) is 0 Å². The topological polar surface area (TPSA) is 162 Å². The number of carbonyl (C=O) groups is 3. The van der Waals surface area contributed by atoms with Gasteiger partial charge in [0.15, 0.2) is 11.5 Å². The van der Waals surface area contributed by atoms with Gasteiger partial charge in [0.1, 0.15) is 11.4 Å². The summed E-state index contributed by atoms with van der Waals surface area (Å²) in [6, 6.07) is 14.4. The van der Waals surface area contributed by atoms with Gasteiger partial charge in [0.2, 0.25) is 5.91 Å². The van der Waals surface area contributed by atoms with Crippen LogP contribution in [0.4, 0.5) is 16.2 Å². The van der Waals surface area contributed by atoms with Crippen LogP contribution in [0, 0.1) is 17.0 Å². The van der Waals surface area contributed by atoms with E-state index in [0.717, 1.165) is 11.0 Å². The number of para-hydroxylation sites is 1. The fourth-order valence-corrected chi connectivity index (χ4v) is 5.82. The molecule has 212 valence electrons. The van der Waals surface area contributed by atoms with Crippen LogP contribution in [0.1, 0.15) is 11.1 Å². The summed E-state index contributed by atoms with van der Waals surface area (Å²) in [5.74, 6) is -1.46. The Morgan fingerprint density at radius 1 is 1.12 bits per heavy atom. The molecule has 0 aromatic heterocycles. The van der Waals surface area contributed by atoms with Crippen LogP contribution in [0.15, 0.2) is 74.9 Å². The Morgan fingerprint density at radius 3 is 2.54 bits per heavy atom. The van der Waals surface area contributed by atoms with Crippen molar-refractivity contribution in [3.05, 3.63) is 91.3 Å². The molecule has 1 saturated heterocycles. The molecule has 1 aliphatic rings. The zero-order valence-corrected chi connectivity index (χ0v) is 24.5. The van der Waals surface area contributed by atoms with Crippen molar-refractivity contribution in [2.45, 2.75) is 11.8 Å². The van der Waals surface area contributed by atoms with Gasteiger partial charge in [-0.2, -0.15) is 8.42 Å². The predicted octanol–water partition coefficient (Wildman–Crippen LogP) is 5.12. The number of anilines is 1. The van der Waals surface area contributed by atoms with Gasteiger partial charge in [-0.1, -0.05) is 24.3 Å². The fourth-order valence-electron chi connectivity index (χ4n) is 3.63. The number of methoxy groups -OCH3 is 1. The number of rotatable bonds is 9. The summed E-state index contributed by atoms with van der Waals surface area (Å²) in [5.41, 5.74) is 0.763. The quantitative estimate of drug-likeness (QED) is 0.141. The molecule has 1 N–H and O–H groups in total. The molecule has 12 nitrogen and oxygen atoms in total. The van der Waals surface area contributed by atoms with Crippen molar-refractivity contribution in [2.75, 3.05) is 19.0 Å². The van der Waals surface area contributed by atoms with E-state index in [1.807, 2.05) is 0 Å². The molecule has 0 atom stereocenters. The highest BCUT2D eigenvalue weighted by molar-refractivity contribution is 9.10. The monoisotopic (exact) mass is 661 g/mol. The lowest BCUT2D eigenvalue weighted by molar-refractivity contribution is -0.385. The Labute approximate surface area is 246 Å². The minimum Gasteiger partial charge on any atom is -0.493 e. The minimum atomic E-state index is -4.46. The second-order valence-corrected chi connectivity index (χ2v) is 11.8. The number of nitro groups is 1. The van der Waals surface area contributed by atoms with Crippen molar-refractivity contribution in [1.82, 2.24) is 4.90 Å². The second kappa shape index (κ2) is 12.1. The Hall–Kier alpha value is -4.21. The van der Waals surface area contributed by atoms with Crippen LogP contribution in [-0.2, 0) is 19.7 Å². The number of halogens is 1. The third-order valence-electron chi connectivity index (χ3n) is 5.67. The maximum atomic E-state index is 12.9. The number of nitrogens with one attached hydrogen (secondary N) is 1. The second-order valence-electron chi connectivity index (χ2n) is 8.45. The molecular weight excluding hydrogens is 642 g/mol. The summed E-state index contributed by atoms with van der Waals surface area (Å²) in [6.07, 6.45) is 1.39. The molecule has 3 aromatic rings. The van der Waals surface area contributed by atoms with Crippen LogP contribution in [0.5, 0.6) is 11.5 Å². The Balaban J connectivity index is 1.51. The molecule has 15 heteroatoms. The van der Waals surface area contributed by atoms with E-state index < -0.39 is 43.5 Å². The van der Waals surface area contributed by atoms with Crippen LogP contribution in [0.3, 0.4) is 0 Å². The number of benzene rings is 3. The van der Waals surface area contributed by atoms with E-state index in [2.05, 4.69) is 21.2 Å². The number of hydrogen-bond donors (Lipinski definition) is 1. The number of carbonyl (C=O) groups excluding carboxylic acids is 3. The lowest BCUT2D eigenvalue weighted by atomic mass is 10.2. The van der Waals surface area contributed by atoms with Gasteiger partial charge in [-0.05, 0) is 76.6 Å². The number of ether oxygens (including phenoxy) is 1. The average Bonchev–Trinajstić information content (AvgIpc) is 3.17. The molecule has 3 aromatic carbocycles. The van der Waals surface area contributed by atoms with Crippen molar-refractivity contribution in [3.63, 3.8) is 0 Å². The standard InChI is InChI=1S/C26H20BrN3O9S2/c1-15-7-9-17(13-20(15)30(34)35)41(36,37)39-21-10-8-16(11-22(21)38-2)12-23-25(32)29(26(33)40-23)14-24(31)28-19-6-4-3-5-18(19)27/h3-13H,14H2,1-2H3,(H,28,31)/b23-12-. The van der Waals surface area contributed by atoms with Crippen LogP contribution < -0.4 is 14.2 Å². The van der Waals surface area contributed by atoms with Gasteiger partial charge in [0.05, 0.1) is 22.6 Å². The summed E-state index contributed by atoms with van der Waals surface area (Å²) in [4.78, 5) is 48.8. The Bertz CT molecular complexity index is 1720. The summed E-state index contributed by atoms with van der Waals surface area (Å²) in [7, 11) is -3.19. The van der Waals surface area contributed by atoms with E-state index in [1.54, 1.807) is 24.3 Å². The smallest absolute Gasteiger partial charge is 0.339 e. The van der Waals surface area contributed by atoms with Crippen molar-refractivity contribution >= 4 is 72.3 Å². The zero-order chi connectivity index (χ0) is 29.9. The minimum absolute atomic E-state index is 0.0176. The number of nitrogens with zero attached hydrogens (tertiary/aromatic N) is 2. The number of nitro benzene ring substituents is 1. The first-order valence-electron chi connectivity index (χ1n) is 11.6. The molecule has 41 heavy (non-hydrogen) atoms. The SMILES string of the molecule is COc1cc(/C=C2\SC(=O)N(CC(=O)Nc3ccccc3Br)C2=O)ccc1OS(=O)(=O)c1ccc(C)c([N+](=O)[O-])c1. The maximum absolute atomic E-state index is 12.9. The van der Waals surface area contributed by atoms with Crippen molar-refractivity contribution in [3.8, 4) is 11.5 Å². The molecule has 1 aliphatic heterocycles. The van der Waals surface area contributed by atoms with Crippen LogP contribution in [-0.4, -0.2) is 48.9 Å². The van der Waals surface area contributed by atoms with Crippen molar-refractivity contribution in [1.29, 1.82) is 0 Å². The van der Waals surface area contributed by atoms with Crippen molar-refractivity contribution in [2.24, 2.45) is 0 Å². The first-order valence-corrected chi connectivity index (χ1v) is 14.6. The third kappa shape index (κ3) is 6.75. The third-order valence-corrected chi connectivity index (χ3v) is 8.50. The van der Waals surface area contributed by atoms with Crippen molar-refractivity contribution < 1.29 is 36.6 Å². The van der Waals surface area contributed by atoms with E-state index in [1.165, 1.54) is 50.4 Å². The molecule has 0 radical (unpaired) electrons. The van der Waals surface area contributed by atoms with Gasteiger partial charge >= 0.3 is 10.1 Å². The lowest BCUT2D eigenvalue weighted by Gasteiger charge is -2.13. The van der Waals surface area contributed by atoms with Crippen LogP contribution >= 0.6 is 27.7 Å². The van der Waals surface area contributed by atoms with Gasteiger partial charge in [0, 0.05) is 16.1 Å². The molecular formula is C26H20BrN3O9S2. The van der Waals surface area contributed by atoms with Gasteiger partial charge in [-0.25, -0.2) is 0 Å². The maximum Gasteiger partial charge on any atom is 0.339 e. The fraction of sp³-hybridized carbons (Fsp3) is 0.115.